The maximum Gasteiger partial charge on any atom is 0.307 e. The summed E-state index contributed by atoms with van der Waals surface area (Å²) in [6, 6.07) is 0. The molecule has 0 aromatic carbocycles. The highest BCUT2D eigenvalue weighted by atomic mass is 16.5. The van der Waals surface area contributed by atoms with Gasteiger partial charge in [0.25, 0.3) is 0 Å². The van der Waals surface area contributed by atoms with E-state index in [9.17, 15) is 9.59 Å². The molecular weight excluding hydrogens is 180 g/mol. The minimum absolute atomic E-state index is 0.160. The van der Waals surface area contributed by atoms with Crippen LogP contribution < -0.4 is 0 Å². The topological polar surface area (TPSA) is 43.4 Å². The fourth-order valence-electron chi connectivity index (χ4n) is 1.78. The highest BCUT2D eigenvalue weighted by Gasteiger charge is 2.23. The molecule has 2 rings (SSSR count). The largest absolute Gasteiger partial charge is 0.449 e. The van der Waals surface area contributed by atoms with Crippen LogP contribution in [-0.2, 0) is 14.3 Å². The molecule has 2 atom stereocenters. The van der Waals surface area contributed by atoms with Crippen molar-refractivity contribution in [3.8, 4) is 11.8 Å². The van der Waals surface area contributed by atoms with Gasteiger partial charge in [0, 0.05) is 25.2 Å². The number of cyclic esters (lactones) is 1. The number of rotatable bonds is 0. The predicted octanol–water partition coefficient (Wildman–Crippen LogP) is 1.06. The Labute approximate surface area is 82.8 Å². The van der Waals surface area contributed by atoms with Gasteiger partial charge in [0.1, 0.15) is 5.78 Å². The zero-order chi connectivity index (χ0) is 9.97. The molecule has 0 aromatic rings. The Kier molecular flexibility index (Phi) is 2.53. The SMILES string of the molecule is O=C1CCC(C#CC2CCC(=O)O2)C1. The number of carbonyl (C=O) groups is 2. The lowest BCUT2D eigenvalue weighted by atomic mass is 10.1. The molecule has 2 unspecified atom stereocenters. The Morgan fingerprint density at radius 1 is 1.14 bits per heavy atom. The zero-order valence-corrected chi connectivity index (χ0v) is 7.91. The predicted molar refractivity (Wildman–Crippen MR) is 49.2 cm³/mol. The lowest BCUT2D eigenvalue weighted by Gasteiger charge is -1.99. The average Bonchev–Trinajstić information content (AvgIpc) is 2.72. The Bertz CT molecular complexity index is 291. The number of hydrogen-bond acceptors (Lipinski definition) is 3. The molecule has 1 aliphatic carbocycles. The van der Waals surface area contributed by atoms with Crippen LogP contribution >= 0.6 is 0 Å². The molecule has 2 aliphatic rings. The van der Waals surface area contributed by atoms with Crippen LogP contribution in [0.4, 0.5) is 0 Å². The Morgan fingerprint density at radius 2 is 2.00 bits per heavy atom. The lowest BCUT2D eigenvalue weighted by molar-refractivity contribution is -0.139. The normalized spacial score (nSPS) is 31.1. The van der Waals surface area contributed by atoms with Gasteiger partial charge < -0.3 is 4.74 Å². The quantitative estimate of drug-likeness (QED) is 0.426. The van der Waals surface area contributed by atoms with Crippen LogP contribution in [0.15, 0.2) is 0 Å². The van der Waals surface area contributed by atoms with Gasteiger partial charge in [-0.3, -0.25) is 9.59 Å². The molecule has 0 spiro atoms. The molecule has 1 aliphatic heterocycles. The van der Waals surface area contributed by atoms with Gasteiger partial charge in [0.05, 0.1) is 6.42 Å². The number of ether oxygens (including phenoxy) is 1. The summed E-state index contributed by atoms with van der Waals surface area (Å²) < 4.78 is 4.95. The lowest BCUT2D eigenvalue weighted by Crippen LogP contribution is -2.03. The van der Waals surface area contributed by atoms with E-state index in [0.29, 0.717) is 31.5 Å². The third-order valence-electron chi connectivity index (χ3n) is 2.58. The second-order valence-electron chi connectivity index (χ2n) is 3.78. The van der Waals surface area contributed by atoms with Crippen molar-refractivity contribution in [2.45, 2.75) is 38.2 Å². The standard InChI is InChI=1S/C11H12O3/c12-9-3-1-8(7-9)2-4-10-5-6-11(13)14-10/h8,10H,1,3,5-7H2. The van der Waals surface area contributed by atoms with Gasteiger partial charge >= 0.3 is 5.97 Å². The van der Waals surface area contributed by atoms with Crippen LogP contribution in [0, 0.1) is 17.8 Å². The average molecular weight is 192 g/mol. The van der Waals surface area contributed by atoms with Crippen LogP contribution in [0.3, 0.4) is 0 Å². The van der Waals surface area contributed by atoms with Gasteiger partial charge in [-0.2, -0.15) is 0 Å². The first-order valence-corrected chi connectivity index (χ1v) is 4.96. The van der Waals surface area contributed by atoms with Crippen molar-refractivity contribution in [2.75, 3.05) is 0 Å². The number of ketones is 1. The van der Waals surface area contributed by atoms with Crippen LogP contribution in [0.25, 0.3) is 0 Å². The summed E-state index contributed by atoms with van der Waals surface area (Å²) in [6.07, 6.45) is 3.05. The Morgan fingerprint density at radius 3 is 2.57 bits per heavy atom. The number of esters is 1. The smallest absolute Gasteiger partial charge is 0.307 e. The fourth-order valence-corrected chi connectivity index (χ4v) is 1.78. The summed E-state index contributed by atoms with van der Waals surface area (Å²) in [5.74, 6) is 6.29. The first-order chi connectivity index (χ1) is 6.74. The first kappa shape index (κ1) is 9.26. The van der Waals surface area contributed by atoms with Crippen molar-refractivity contribution in [2.24, 2.45) is 5.92 Å². The summed E-state index contributed by atoms with van der Waals surface area (Å²) >= 11 is 0. The molecule has 3 nitrogen and oxygen atoms in total. The maximum absolute atomic E-state index is 10.9. The molecule has 14 heavy (non-hydrogen) atoms. The minimum atomic E-state index is -0.224. The summed E-state index contributed by atoms with van der Waals surface area (Å²) in [5, 5.41) is 0. The van der Waals surface area contributed by atoms with Crippen molar-refractivity contribution in [1.29, 1.82) is 0 Å². The van der Waals surface area contributed by atoms with Gasteiger partial charge in [-0.25, -0.2) is 0 Å². The number of Topliss-reactive ketones (excluding diaryl/α,β-unsaturated/α-hetero) is 1. The first-order valence-electron chi connectivity index (χ1n) is 4.96. The van der Waals surface area contributed by atoms with E-state index in [1.807, 2.05) is 0 Å². The maximum atomic E-state index is 10.9. The summed E-state index contributed by atoms with van der Waals surface area (Å²) in [6.45, 7) is 0. The molecule has 1 saturated carbocycles. The van der Waals surface area contributed by atoms with Crippen molar-refractivity contribution in [3.05, 3.63) is 0 Å². The summed E-state index contributed by atoms with van der Waals surface area (Å²) in [4.78, 5) is 21.7. The molecule has 0 bridgehead atoms. The molecule has 74 valence electrons. The molecule has 1 saturated heterocycles. The Balaban J connectivity index is 1.87. The van der Waals surface area contributed by atoms with Crippen molar-refractivity contribution >= 4 is 11.8 Å². The molecule has 0 amide bonds. The molecule has 2 fully saturated rings. The van der Waals surface area contributed by atoms with Crippen LogP contribution in [0.1, 0.15) is 32.1 Å². The third-order valence-corrected chi connectivity index (χ3v) is 2.58. The highest BCUT2D eigenvalue weighted by Crippen LogP contribution is 2.21. The zero-order valence-electron chi connectivity index (χ0n) is 7.91. The van der Waals surface area contributed by atoms with E-state index >= 15 is 0 Å². The molecule has 3 heteroatoms. The summed E-state index contributed by atoms with van der Waals surface area (Å²) in [5.41, 5.74) is 0. The van der Waals surface area contributed by atoms with E-state index in [0.717, 1.165) is 6.42 Å². The number of hydrogen-bond donors (Lipinski definition) is 0. The summed E-state index contributed by atoms with van der Waals surface area (Å²) in [7, 11) is 0. The van der Waals surface area contributed by atoms with Gasteiger partial charge in [-0.15, -0.1) is 0 Å². The van der Waals surface area contributed by atoms with E-state index < -0.39 is 0 Å². The van der Waals surface area contributed by atoms with Gasteiger partial charge in [-0.05, 0) is 6.42 Å². The van der Waals surface area contributed by atoms with E-state index in [4.69, 9.17) is 4.74 Å². The highest BCUT2D eigenvalue weighted by molar-refractivity contribution is 5.81. The second-order valence-corrected chi connectivity index (χ2v) is 3.78. The molecule has 1 heterocycles. The van der Waals surface area contributed by atoms with E-state index in [1.165, 1.54) is 0 Å². The van der Waals surface area contributed by atoms with E-state index in [1.54, 1.807) is 0 Å². The van der Waals surface area contributed by atoms with Crippen molar-refractivity contribution in [1.82, 2.24) is 0 Å². The van der Waals surface area contributed by atoms with Crippen LogP contribution in [0.5, 0.6) is 0 Å². The Hall–Kier alpha value is -1.30. The van der Waals surface area contributed by atoms with Gasteiger partial charge in [0.2, 0.25) is 0 Å². The van der Waals surface area contributed by atoms with Gasteiger partial charge in [-0.1, -0.05) is 11.8 Å². The number of carbonyl (C=O) groups excluding carboxylic acids is 2. The minimum Gasteiger partial charge on any atom is -0.449 e. The second kappa shape index (κ2) is 3.83. The molecule has 0 N–H and O–H groups in total. The molecule has 0 aromatic heterocycles. The van der Waals surface area contributed by atoms with E-state index in [-0.39, 0.29) is 18.0 Å². The monoisotopic (exact) mass is 192 g/mol. The molecular formula is C11H12O3. The van der Waals surface area contributed by atoms with Crippen LogP contribution in [-0.4, -0.2) is 17.9 Å². The fraction of sp³-hybridized carbons (Fsp3) is 0.636. The van der Waals surface area contributed by atoms with Crippen molar-refractivity contribution in [3.63, 3.8) is 0 Å². The molecule has 0 radical (unpaired) electrons. The van der Waals surface area contributed by atoms with E-state index in [2.05, 4.69) is 11.8 Å². The van der Waals surface area contributed by atoms with Crippen molar-refractivity contribution < 1.29 is 14.3 Å². The third kappa shape index (κ3) is 2.14. The van der Waals surface area contributed by atoms with Gasteiger partial charge in [0.15, 0.2) is 6.10 Å². The van der Waals surface area contributed by atoms with Crippen LogP contribution in [0.2, 0.25) is 0 Å².